The van der Waals surface area contributed by atoms with Crippen LogP contribution in [0.15, 0.2) is 12.4 Å². The molecule has 0 spiro atoms. The number of nitrogens with zero attached hydrogens (tertiary/aromatic N) is 1. The van der Waals surface area contributed by atoms with Gasteiger partial charge in [-0.3, -0.25) is 4.79 Å². The Bertz CT molecular complexity index is 384. The van der Waals surface area contributed by atoms with Crippen molar-refractivity contribution >= 4 is 5.97 Å². The summed E-state index contributed by atoms with van der Waals surface area (Å²) in [6, 6.07) is 0. The summed E-state index contributed by atoms with van der Waals surface area (Å²) in [6.45, 7) is 0.218. The van der Waals surface area contributed by atoms with Crippen molar-refractivity contribution in [1.29, 1.82) is 0 Å². The molecule has 1 aromatic heterocycles. The molecule has 0 bridgehead atoms. The van der Waals surface area contributed by atoms with Gasteiger partial charge in [0.25, 0.3) is 0 Å². The van der Waals surface area contributed by atoms with E-state index in [1.165, 1.54) is 7.11 Å². The number of aryl methyl sites for hydroxylation is 1. The van der Waals surface area contributed by atoms with Gasteiger partial charge in [-0.05, 0) is 24.8 Å². The van der Waals surface area contributed by atoms with Gasteiger partial charge < -0.3 is 14.4 Å². The van der Waals surface area contributed by atoms with Gasteiger partial charge in [-0.15, -0.1) is 0 Å². The van der Waals surface area contributed by atoms with E-state index in [1.54, 1.807) is 4.57 Å². The number of hydrogen-bond acceptors (Lipinski definition) is 3. The minimum absolute atomic E-state index is 0.218. The smallest absolute Gasteiger partial charge is 0.325 e. The number of aliphatic hydroxyl groups excluding tert-OH is 1. The molecule has 4 nitrogen and oxygen atoms in total. The van der Waals surface area contributed by atoms with E-state index in [2.05, 4.69) is 4.74 Å². The average molecular weight is 223 g/mol. The fraction of sp³-hybridized carbons (Fsp3) is 0.583. The predicted octanol–water partition coefficient (Wildman–Crippen LogP) is 1.42. The fourth-order valence-electron chi connectivity index (χ4n) is 2.20. The van der Waals surface area contributed by atoms with Crippen molar-refractivity contribution in [3.63, 3.8) is 0 Å². The van der Waals surface area contributed by atoms with Crippen molar-refractivity contribution < 1.29 is 14.6 Å². The standard InChI is InChI=1S/C12H17NO3/c1-16-12(15)8-13-6-9-4-2-3-5-11(14)10(9)7-13/h6-7,11,14H,2-5,8H2,1H3. The van der Waals surface area contributed by atoms with Crippen molar-refractivity contribution in [2.24, 2.45) is 0 Å². The van der Waals surface area contributed by atoms with Crippen LogP contribution in [0.5, 0.6) is 0 Å². The van der Waals surface area contributed by atoms with E-state index in [0.29, 0.717) is 0 Å². The average Bonchev–Trinajstić information content (AvgIpc) is 2.59. The van der Waals surface area contributed by atoms with Gasteiger partial charge in [0, 0.05) is 18.0 Å². The molecule has 0 saturated heterocycles. The molecule has 0 aliphatic heterocycles. The summed E-state index contributed by atoms with van der Waals surface area (Å²) in [6.07, 6.45) is 7.40. The van der Waals surface area contributed by atoms with Gasteiger partial charge in [0.15, 0.2) is 0 Å². The maximum atomic E-state index is 11.1. The van der Waals surface area contributed by atoms with Crippen LogP contribution in [0.2, 0.25) is 0 Å². The number of rotatable bonds is 2. The van der Waals surface area contributed by atoms with E-state index in [4.69, 9.17) is 0 Å². The minimum Gasteiger partial charge on any atom is -0.468 e. The molecule has 0 radical (unpaired) electrons. The van der Waals surface area contributed by atoms with Crippen molar-refractivity contribution in [3.05, 3.63) is 23.5 Å². The molecule has 0 aromatic carbocycles. The molecule has 0 amide bonds. The van der Waals surface area contributed by atoms with Crippen LogP contribution >= 0.6 is 0 Å². The number of aromatic nitrogens is 1. The second kappa shape index (κ2) is 4.70. The van der Waals surface area contributed by atoms with Crippen LogP contribution in [0.25, 0.3) is 0 Å². The minimum atomic E-state index is -0.378. The number of hydrogen-bond donors (Lipinski definition) is 1. The molecule has 1 aliphatic carbocycles. The SMILES string of the molecule is COC(=O)Cn1cc2c(c1)C(O)CCCC2. The van der Waals surface area contributed by atoms with Crippen molar-refractivity contribution in [2.45, 2.75) is 38.3 Å². The number of esters is 1. The predicted molar refractivity (Wildman–Crippen MR) is 59.0 cm³/mol. The molecule has 1 heterocycles. The van der Waals surface area contributed by atoms with Crippen molar-refractivity contribution in [3.8, 4) is 0 Å². The van der Waals surface area contributed by atoms with E-state index in [1.807, 2.05) is 12.4 Å². The lowest BCUT2D eigenvalue weighted by molar-refractivity contribution is -0.141. The Morgan fingerprint density at radius 2 is 2.38 bits per heavy atom. The van der Waals surface area contributed by atoms with Gasteiger partial charge in [0.2, 0.25) is 0 Å². The van der Waals surface area contributed by atoms with Gasteiger partial charge >= 0.3 is 5.97 Å². The highest BCUT2D eigenvalue weighted by Gasteiger charge is 2.18. The van der Waals surface area contributed by atoms with E-state index in [0.717, 1.165) is 36.8 Å². The summed E-state index contributed by atoms with van der Waals surface area (Å²) in [5, 5.41) is 9.92. The Kier molecular flexibility index (Phi) is 3.29. The first kappa shape index (κ1) is 11.2. The number of carbonyl (C=O) groups excluding carboxylic acids is 1. The summed E-state index contributed by atoms with van der Waals surface area (Å²) < 4.78 is 6.41. The van der Waals surface area contributed by atoms with Gasteiger partial charge in [-0.25, -0.2) is 0 Å². The molecule has 4 heteroatoms. The molecule has 1 unspecified atom stereocenters. The molecule has 0 fully saturated rings. The summed E-state index contributed by atoms with van der Waals surface area (Å²) in [5.41, 5.74) is 2.13. The summed E-state index contributed by atoms with van der Waals surface area (Å²) in [7, 11) is 1.38. The number of methoxy groups -OCH3 is 1. The van der Waals surface area contributed by atoms with Crippen LogP contribution in [0.4, 0.5) is 0 Å². The topological polar surface area (TPSA) is 51.5 Å². The lowest BCUT2D eigenvalue weighted by Crippen LogP contribution is -2.09. The van der Waals surface area contributed by atoms with E-state index in [-0.39, 0.29) is 18.6 Å². The third-order valence-electron chi connectivity index (χ3n) is 3.07. The number of aliphatic hydroxyl groups is 1. The molecule has 1 atom stereocenters. The Morgan fingerprint density at radius 1 is 1.56 bits per heavy atom. The van der Waals surface area contributed by atoms with Crippen molar-refractivity contribution in [2.75, 3.05) is 7.11 Å². The maximum Gasteiger partial charge on any atom is 0.325 e. The third-order valence-corrected chi connectivity index (χ3v) is 3.07. The Labute approximate surface area is 94.8 Å². The summed E-state index contributed by atoms with van der Waals surface area (Å²) >= 11 is 0. The molecule has 88 valence electrons. The maximum absolute atomic E-state index is 11.1. The normalized spacial score (nSPS) is 20.0. The van der Waals surface area contributed by atoms with Crippen LogP contribution in [-0.4, -0.2) is 22.8 Å². The second-order valence-corrected chi connectivity index (χ2v) is 4.25. The van der Waals surface area contributed by atoms with Crippen LogP contribution in [0, 0.1) is 0 Å². The number of fused-ring (bicyclic) bond motifs is 1. The van der Waals surface area contributed by atoms with E-state index < -0.39 is 0 Å². The van der Waals surface area contributed by atoms with Gasteiger partial charge in [-0.1, -0.05) is 6.42 Å². The monoisotopic (exact) mass is 223 g/mol. The first-order chi connectivity index (χ1) is 7.70. The van der Waals surface area contributed by atoms with Crippen molar-refractivity contribution in [1.82, 2.24) is 4.57 Å². The summed E-state index contributed by atoms with van der Waals surface area (Å²) in [5.74, 6) is -0.264. The van der Waals surface area contributed by atoms with Crippen LogP contribution in [0.1, 0.15) is 36.5 Å². The highest BCUT2D eigenvalue weighted by atomic mass is 16.5. The van der Waals surface area contributed by atoms with E-state index >= 15 is 0 Å². The van der Waals surface area contributed by atoms with Gasteiger partial charge in [0.05, 0.1) is 13.2 Å². The van der Waals surface area contributed by atoms with Gasteiger partial charge in [0.1, 0.15) is 6.54 Å². The second-order valence-electron chi connectivity index (χ2n) is 4.25. The summed E-state index contributed by atoms with van der Waals surface area (Å²) in [4.78, 5) is 11.1. The highest BCUT2D eigenvalue weighted by Crippen LogP contribution is 2.29. The quantitative estimate of drug-likeness (QED) is 0.609. The van der Waals surface area contributed by atoms with Gasteiger partial charge in [-0.2, -0.15) is 0 Å². The lowest BCUT2D eigenvalue weighted by atomic mass is 10.1. The zero-order valence-electron chi connectivity index (χ0n) is 9.48. The van der Waals surface area contributed by atoms with E-state index in [9.17, 15) is 9.90 Å². The third kappa shape index (κ3) is 2.27. The molecule has 1 aromatic rings. The molecule has 16 heavy (non-hydrogen) atoms. The zero-order chi connectivity index (χ0) is 11.5. The van der Waals surface area contributed by atoms with Crippen LogP contribution in [0.3, 0.4) is 0 Å². The van der Waals surface area contributed by atoms with Crippen LogP contribution < -0.4 is 0 Å². The first-order valence-electron chi connectivity index (χ1n) is 5.64. The highest BCUT2D eigenvalue weighted by molar-refractivity contribution is 5.69. The lowest BCUT2D eigenvalue weighted by Gasteiger charge is -2.06. The molecule has 1 aliphatic rings. The molecule has 1 N–H and O–H groups in total. The largest absolute Gasteiger partial charge is 0.468 e. The molecular formula is C12H17NO3. The number of ether oxygens (including phenoxy) is 1. The molecular weight excluding hydrogens is 206 g/mol. The van der Waals surface area contributed by atoms with Crippen LogP contribution in [-0.2, 0) is 22.5 Å². The number of carbonyl (C=O) groups is 1. The molecule has 2 rings (SSSR count). The Morgan fingerprint density at radius 3 is 3.12 bits per heavy atom. The fourth-order valence-corrected chi connectivity index (χ4v) is 2.20. The first-order valence-corrected chi connectivity index (χ1v) is 5.64. The molecule has 0 saturated carbocycles. The Hall–Kier alpha value is -1.29. The zero-order valence-corrected chi connectivity index (χ0v) is 9.48. The Balaban J connectivity index is 2.19.